The summed E-state index contributed by atoms with van der Waals surface area (Å²) in [5, 5.41) is 3.49. The Morgan fingerprint density at radius 1 is 1.38 bits per heavy atom. The monoisotopic (exact) mass is 185 g/mol. The molecule has 0 aromatic heterocycles. The van der Waals surface area contributed by atoms with Crippen molar-refractivity contribution in [2.45, 2.75) is 51.0 Å². The first kappa shape index (κ1) is 9.44. The first-order chi connectivity index (χ1) is 6.16. The lowest BCUT2D eigenvalue weighted by molar-refractivity contribution is -0.138. The van der Waals surface area contributed by atoms with Crippen LogP contribution in [0.4, 0.5) is 0 Å². The third kappa shape index (κ3) is 2.42. The quantitative estimate of drug-likeness (QED) is 0.718. The summed E-state index contributed by atoms with van der Waals surface area (Å²) in [6.07, 6.45) is 4.29. The van der Waals surface area contributed by atoms with Gasteiger partial charge in [-0.25, -0.2) is 0 Å². The Balaban J connectivity index is 1.65. The van der Waals surface area contributed by atoms with Gasteiger partial charge in [-0.1, -0.05) is 6.42 Å². The molecule has 2 fully saturated rings. The van der Waals surface area contributed by atoms with E-state index in [0.29, 0.717) is 0 Å². The minimum Gasteiger partial charge on any atom is -0.348 e. The average Bonchev–Trinajstić information content (AvgIpc) is 2.27. The van der Waals surface area contributed by atoms with E-state index in [1.165, 1.54) is 19.3 Å². The molecule has 0 aromatic rings. The van der Waals surface area contributed by atoms with Gasteiger partial charge in [0.2, 0.25) is 0 Å². The fourth-order valence-corrected chi connectivity index (χ4v) is 1.77. The van der Waals surface area contributed by atoms with Crippen LogP contribution < -0.4 is 5.32 Å². The Bertz CT molecular complexity index is 178. The second-order valence-electron chi connectivity index (χ2n) is 4.49. The second-order valence-corrected chi connectivity index (χ2v) is 4.49. The predicted molar refractivity (Wildman–Crippen MR) is 50.5 cm³/mol. The van der Waals surface area contributed by atoms with Crippen LogP contribution in [0.1, 0.15) is 33.1 Å². The normalized spacial score (nSPS) is 33.2. The average molecular weight is 185 g/mol. The predicted octanol–water partition coefficient (Wildman–Crippen LogP) is 1.28. The van der Waals surface area contributed by atoms with Gasteiger partial charge < -0.3 is 14.8 Å². The summed E-state index contributed by atoms with van der Waals surface area (Å²) in [6.45, 7) is 5.60. The maximum absolute atomic E-state index is 5.68. The smallest absolute Gasteiger partial charge is 0.163 e. The van der Waals surface area contributed by atoms with Crippen LogP contribution >= 0.6 is 0 Å². The molecular formula is C10H19NO2. The summed E-state index contributed by atoms with van der Waals surface area (Å²) < 4.78 is 11.2. The Morgan fingerprint density at radius 3 is 2.62 bits per heavy atom. The molecule has 3 heteroatoms. The van der Waals surface area contributed by atoms with Crippen molar-refractivity contribution in [1.29, 1.82) is 0 Å². The molecule has 76 valence electrons. The number of hydrogen-bond donors (Lipinski definition) is 1. The molecule has 0 amide bonds. The summed E-state index contributed by atoms with van der Waals surface area (Å²) in [4.78, 5) is 0. The summed E-state index contributed by atoms with van der Waals surface area (Å²) in [5.41, 5.74) is 0. The van der Waals surface area contributed by atoms with Crippen molar-refractivity contribution >= 4 is 0 Å². The van der Waals surface area contributed by atoms with Gasteiger partial charge in [0.05, 0.1) is 12.7 Å². The van der Waals surface area contributed by atoms with Gasteiger partial charge in [-0.05, 0) is 26.7 Å². The molecule has 1 aliphatic heterocycles. The van der Waals surface area contributed by atoms with Crippen molar-refractivity contribution in [3.63, 3.8) is 0 Å². The van der Waals surface area contributed by atoms with E-state index in [1.807, 2.05) is 13.8 Å². The highest BCUT2D eigenvalue weighted by Gasteiger charge is 2.32. The molecule has 2 aliphatic rings. The van der Waals surface area contributed by atoms with Gasteiger partial charge in [0.25, 0.3) is 0 Å². The molecule has 1 unspecified atom stereocenters. The Hall–Kier alpha value is -0.120. The molecule has 1 atom stereocenters. The van der Waals surface area contributed by atoms with Crippen LogP contribution in [-0.4, -0.2) is 31.1 Å². The zero-order chi connectivity index (χ0) is 9.31. The number of hydrogen-bond acceptors (Lipinski definition) is 3. The fourth-order valence-electron chi connectivity index (χ4n) is 1.77. The molecule has 3 nitrogen and oxygen atoms in total. The molecule has 1 N–H and O–H groups in total. The van der Waals surface area contributed by atoms with Crippen LogP contribution in [-0.2, 0) is 9.47 Å². The first-order valence-electron chi connectivity index (χ1n) is 5.21. The molecular weight excluding hydrogens is 166 g/mol. The molecule has 0 bridgehead atoms. The number of ether oxygens (including phenoxy) is 2. The molecule has 2 rings (SSSR count). The highest BCUT2D eigenvalue weighted by atomic mass is 16.7. The summed E-state index contributed by atoms with van der Waals surface area (Å²) in [7, 11) is 0. The molecule has 0 radical (unpaired) electrons. The van der Waals surface area contributed by atoms with Crippen LogP contribution in [0.15, 0.2) is 0 Å². The maximum atomic E-state index is 5.68. The van der Waals surface area contributed by atoms with Crippen LogP contribution in [0.3, 0.4) is 0 Å². The van der Waals surface area contributed by atoms with Gasteiger partial charge in [0, 0.05) is 12.6 Å². The standard InChI is InChI=1S/C10H19NO2/c1-10(2)12-7-9(13-10)6-11-8-4-3-5-8/h8-9,11H,3-7H2,1-2H3. The molecule has 1 saturated carbocycles. The van der Waals surface area contributed by atoms with Crippen molar-refractivity contribution in [1.82, 2.24) is 5.32 Å². The minimum absolute atomic E-state index is 0.246. The van der Waals surface area contributed by atoms with E-state index in [1.54, 1.807) is 0 Å². The van der Waals surface area contributed by atoms with Gasteiger partial charge in [0.1, 0.15) is 0 Å². The van der Waals surface area contributed by atoms with Gasteiger partial charge >= 0.3 is 0 Å². The van der Waals surface area contributed by atoms with E-state index in [2.05, 4.69) is 5.32 Å². The van der Waals surface area contributed by atoms with E-state index >= 15 is 0 Å². The number of rotatable bonds is 3. The first-order valence-corrected chi connectivity index (χ1v) is 5.21. The zero-order valence-electron chi connectivity index (χ0n) is 8.51. The van der Waals surface area contributed by atoms with Crippen molar-refractivity contribution in [3.8, 4) is 0 Å². The summed E-state index contributed by atoms with van der Waals surface area (Å²) in [5.74, 6) is -0.369. The maximum Gasteiger partial charge on any atom is 0.163 e. The molecule has 13 heavy (non-hydrogen) atoms. The lowest BCUT2D eigenvalue weighted by Crippen LogP contribution is -2.40. The van der Waals surface area contributed by atoms with Crippen molar-refractivity contribution < 1.29 is 9.47 Å². The lowest BCUT2D eigenvalue weighted by Gasteiger charge is -2.27. The third-order valence-corrected chi connectivity index (χ3v) is 2.81. The molecule has 1 heterocycles. The fraction of sp³-hybridized carbons (Fsp3) is 1.00. The van der Waals surface area contributed by atoms with Gasteiger partial charge in [-0.2, -0.15) is 0 Å². The van der Waals surface area contributed by atoms with E-state index in [9.17, 15) is 0 Å². The van der Waals surface area contributed by atoms with E-state index in [0.717, 1.165) is 19.2 Å². The van der Waals surface area contributed by atoms with Gasteiger partial charge in [0.15, 0.2) is 5.79 Å². The highest BCUT2D eigenvalue weighted by Crippen LogP contribution is 2.23. The Kier molecular flexibility index (Phi) is 2.58. The topological polar surface area (TPSA) is 30.5 Å². The zero-order valence-corrected chi connectivity index (χ0v) is 8.51. The van der Waals surface area contributed by atoms with Gasteiger partial charge in [-0.3, -0.25) is 0 Å². The highest BCUT2D eigenvalue weighted by molar-refractivity contribution is 4.80. The Labute approximate surface area is 79.8 Å². The van der Waals surface area contributed by atoms with Crippen molar-refractivity contribution in [3.05, 3.63) is 0 Å². The van der Waals surface area contributed by atoms with Crippen molar-refractivity contribution in [2.75, 3.05) is 13.2 Å². The van der Waals surface area contributed by atoms with E-state index in [-0.39, 0.29) is 11.9 Å². The van der Waals surface area contributed by atoms with Crippen LogP contribution in [0, 0.1) is 0 Å². The molecule has 0 aromatic carbocycles. The molecule has 1 aliphatic carbocycles. The second kappa shape index (κ2) is 3.56. The Morgan fingerprint density at radius 2 is 2.15 bits per heavy atom. The third-order valence-electron chi connectivity index (χ3n) is 2.81. The lowest BCUT2D eigenvalue weighted by atomic mass is 9.93. The largest absolute Gasteiger partial charge is 0.348 e. The minimum atomic E-state index is -0.369. The van der Waals surface area contributed by atoms with E-state index < -0.39 is 0 Å². The van der Waals surface area contributed by atoms with Gasteiger partial charge in [-0.15, -0.1) is 0 Å². The van der Waals surface area contributed by atoms with Crippen LogP contribution in [0.25, 0.3) is 0 Å². The van der Waals surface area contributed by atoms with Crippen molar-refractivity contribution in [2.24, 2.45) is 0 Å². The summed E-state index contributed by atoms with van der Waals surface area (Å²) >= 11 is 0. The van der Waals surface area contributed by atoms with Crippen LogP contribution in [0.2, 0.25) is 0 Å². The molecule has 1 saturated heterocycles. The molecule has 0 spiro atoms. The summed E-state index contributed by atoms with van der Waals surface area (Å²) in [6, 6.07) is 0.743. The SMILES string of the molecule is CC1(C)OCC(CNC2CCC2)O1. The van der Waals surface area contributed by atoms with E-state index in [4.69, 9.17) is 9.47 Å². The van der Waals surface area contributed by atoms with Crippen LogP contribution in [0.5, 0.6) is 0 Å². The number of nitrogens with one attached hydrogen (secondary N) is 1.